The molecule has 4 heteroatoms. The zero-order valence-corrected chi connectivity index (χ0v) is 14.4. The molecular formula is C19H28O4. The Hall–Kier alpha value is -1.91. The van der Waals surface area contributed by atoms with Gasteiger partial charge in [-0.15, -0.1) is 0 Å². The second-order valence-electron chi connectivity index (χ2n) is 5.59. The van der Waals surface area contributed by atoms with Crippen LogP contribution in [0.3, 0.4) is 0 Å². The maximum absolute atomic E-state index is 10.4. The van der Waals surface area contributed by atoms with Gasteiger partial charge in [-0.2, -0.15) is 0 Å². The Balaban J connectivity index is 4.71. The molecule has 0 heterocycles. The monoisotopic (exact) mass is 320 g/mol. The van der Waals surface area contributed by atoms with E-state index in [2.05, 4.69) is 0 Å². The second-order valence-corrected chi connectivity index (χ2v) is 5.59. The Bertz CT molecular complexity index is 521. The van der Waals surface area contributed by atoms with Gasteiger partial charge in [-0.1, -0.05) is 66.5 Å². The lowest BCUT2D eigenvalue weighted by Crippen LogP contribution is -2.23. The molecule has 0 fully saturated rings. The van der Waals surface area contributed by atoms with Crippen molar-refractivity contribution in [1.29, 1.82) is 0 Å². The molecule has 23 heavy (non-hydrogen) atoms. The summed E-state index contributed by atoms with van der Waals surface area (Å²) >= 11 is 0. The van der Waals surface area contributed by atoms with Crippen LogP contribution in [0.2, 0.25) is 0 Å². The Kier molecular flexibility index (Phi) is 10.7. The first-order valence-electron chi connectivity index (χ1n) is 7.75. The van der Waals surface area contributed by atoms with E-state index >= 15 is 0 Å². The van der Waals surface area contributed by atoms with E-state index in [1.54, 1.807) is 12.2 Å². The molecule has 0 aromatic heterocycles. The van der Waals surface area contributed by atoms with E-state index in [-0.39, 0.29) is 0 Å². The predicted molar refractivity (Wildman–Crippen MR) is 94.1 cm³/mol. The fourth-order valence-corrected chi connectivity index (χ4v) is 1.91. The summed E-state index contributed by atoms with van der Waals surface area (Å²) in [6.45, 7) is 7.57. The summed E-state index contributed by atoms with van der Waals surface area (Å²) in [5.74, 6) is -0.969. The molecule has 4 nitrogen and oxygen atoms in total. The lowest BCUT2D eigenvalue weighted by Gasteiger charge is -2.13. The molecule has 0 radical (unpaired) electrons. The topological polar surface area (TPSA) is 77.8 Å². The maximum Gasteiger partial charge on any atom is 0.328 e. The molecule has 0 rings (SSSR count). The summed E-state index contributed by atoms with van der Waals surface area (Å²) in [6, 6.07) is 0. The SMILES string of the molecule is CCC[C@H](O)[C@@H](O)C=C(C)C=CC=C(C)C=C(C)C=CC(=O)O. The van der Waals surface area contributed by atoms with Crippen LogP contribution in [0.4, 0.5) is 0 Å². The first kappa shape index (κ1) is 21.1. The normalized spacial score (nSPS) is 17.0. The summed E-state index contributed by atoms with van der Waals surface area (Å²) in [5.41, 5.74) is 2.69. The van der Waals surface area contributed by atoms with Crippen molar-refractivity contribution in [2.75, 3.05) is 0 Å². The van der Waals surface area contributed by atoms with Gasteiger partial charge in [0, 0.05) is 6.08 Å². The maximum atomic E-state index is 10.4. The number of rotatable bonds is 9. The van der Waals surface area contributed by atoms with Crippen LogP contribution in [-0.2, 0) is 4.79 Å². The average molecular weight is 320 g/mol. The fourth-order valence-electron chi connectivity index (χ4n) is 1.91. The molecule has 0 unspecified atom stereocenters. The second kappa shape index (κ2) is 11.6. The molecule has 0 aliphatic carbocycles. The van der Waals surface area contributed by atoms with E-state index < -0.39 is 18.2 Å². The van der Waals surface area contributed by atoms with E-state index in [0.717, 1.165) is 29.2 Å². The Morgan fingerprint density at radius 2 is 1.65 bits per heavy atom. The quantitative estimate of drug-likeness (QED) is 0.448. The van der Waals surface area contributed by atoms with Crippen molar-refractivity contribution in [2.24, 2.45) is 0 Å². The Morgan fingerprint density at radius 1 is 1.00 bits per heavy atom. The van der Waals surface area contributed by atoms with Gasteiger partial charge in [-0.3, -0.25) is 0 Å². The number of carboxylic acids is 1. The highest BCUT2D eigenvalue weighted by Gasteiger charge is 2.11. The third-order valence-corrected chi connectivity index (χ3v) is 3.07. The van der Waals surface area contributed by atoms with Crippen molar-refractivity contribution in [3.63, 3.8) is 0 Å². The van der Waals surface area contributed by atoms with Crippen LogP contribution in [0.25, 0.3) is 0 Å². The zero-order valence-electron chi connectivity index (χ0n) is 14.4. The van der Waals surface area contributed by atoms with E-state index in [9.17, 15) is 15.0 Å². The van der Waals surface area contributed by atoms with Gasteiger partial charge in [0.15, 0.2) is 0 Å². The number of hydrogen-bond acceptors (Lipinski definition) is 3. The molecule has 2 atom stereocenters. The molecule has 0 saturated heterocycles. The van der Waals surface area contributed by atoms with Crippen LogP contribution in [0.15, 0.2) is 59.3 Å². The minimum absolute atomic E-state index is 0.571. The van der Waals surface area contributed by atoms with Gasteiger partial charge < -0.3 is 15.3 Å². The van der Waals surface area contributed by atoms with Crippen molar-refractivity contribution in [2.45, 2.75) is 52.7 Å². The van der Waals surface area contributed by atoms with Gasteiger partial charge >= 0.3 is 5.97 Å². The van der Waals surface area contributed by atoms with Crippen molar-refractivity contribution in [1.82, 2.24) is 0 Å². The molecule has 0 aromatic rings. The van der Waals surface area contributed by atoms with Crippen molar-refractivity contribution in [3.05, 3.63) is 59.3 Å². The number of carbonyl (C=O) groups is 1. The van der Waals surface area contributed by atoms with E-state index in [1.165, 1.54) is 0 Å². The summed E-state index contributed by atoms with van der Waals surface area (Å²) in [4.78, 5) is 10.4. The minimum atomic E-state index is -0.969. The highest BCUT2D eigenvalue weighted by Crippen LogP contribution is 2.08. The molecule has 0 aromatic carbocycles. The van der Waals surface area contributed by atoms with Gasteiger partial charge in [-0.25, -0.2) is 4.79 Å². The standard InChI is InChI=1S/C19H28O4/c1-5-7-17(20)18(21)13-15(3)9-6-8-14(2)12-16(4)10-11-19(22)23/h6,8-13,17-18,20-21H,5,7H2,1-4H3,(H,22,23)/t17-,18-/m0/s1. The van der Waals surface area contributed by atoms with Crippen LogP contribution in [-0.4, -0.2) is 33.5 Å². The van der Waals surface area contributed by atoms with Crippen molar-refractivity contribution >= 4 is 5.97 Å². The van der Waals surface area contributed by atoms with Gasteiger partial charge in [0.25, 0.3) is 0 Å². The number of aliphatic carboxylic acids is 1. The van der Waals surface area contributed by atoms with Gasteiger partial charge in [0.05, 0.1) is 12.2 Å². The highest BCUT2D eigenvalue weighted by atomic mass is 16.4. The molecule has 0 saturated carbocycles. The van der Waals surface area contributed by atoms with Crippen LogP contribution in [0.5, 0.6) is 0 Å². The number of hydrogen-bond donors (Lipinski definition) is 3. The van der Waals surface area contributed by atoms with Gasteiger partial charge in [0.2, 0.25) is 0 Å². The largest absolute Gasteiger partial charge is 0.478 e. The van der Waals surface area contributed by atoms with Crippen LogP contribution >= 0.6 is 0 Å². The molecule has 0 spiro atoms. The first-order valence-corrected chi connectivity index (χ1v) is 7.75. The molecule has 0 aliphatic heterocycles. The molecular weight excluding hydrogens is 292 g/mol. The van der Waals surface area contributed by atoms with Crippen LogP contribution < -0.4 is 0 Å². The summed E-state index contributed by atoms with van der Waals surface area (Å²) in [5, 5.41) is 28.1. The number of allylic oxidation sites excluding steroid dienone is 8. The lowest BCUT2D eigenvalue weighted by molar-refractivity contribution is -0.131. The highest BCUT2D eigenvalue weighted by molar-refractivity contribution is 5.80. The lowest BCUT2D eigenvalue weighted by atomic mass is 10.1. The zero-order chi connectivity index (χ0) is 17.8. The van der Waals surface area contributed by atoms with Crippen LogP contribution in [0.1, 0.15) is 40.5 Å². The third-order valence-electron chi connectivity index (χ3n) is 3.07. The summed E-state index contributed by atoms with van der Waals surface area (Å²) < 4.78 is 0. The Labute approximate surface area is 138 Å². The third kappa shape index (κ3) is 11.3. The first-order chi connectivity index (χ1) is 10.8. The van der Waals surface area contributed by atoms with Crippen LogP contribution in [0, 0.1) is 0 Å². The minimum Gasteiger partial charge on any atom is -0.478 e. The molecule has 0 aliphatic rings. The Morgan fingerprint density at radius 3 is 2.22 bits per heavy atom. The molecule has 128 valence electrons. The van der Waals surface area contributed by atoms with E-state index in [0.29, 0.717) is 6.42 Å². The van der Waals surface area contributed by atoms with Crippen molar-refractivity contribution in [3.8, 4) is 0 Å². The van der Waals surface area contributed by atoms with Crippen molar-refractivity contribution < 1.29 is 20.1 Å². The summed E-state index contributed by atoms with van der Waals surface area (Å²) in [7, 11) is 0. The number of aliphatic hydroxyl groups excluding tert-OH is 2. The van der Waals surface area contributed by atoms with Gasteiger partial charge in [0.1, 0.15) is 0 Å². The molecule has 0 amide bonds. The number of carboxylic acid groups (broad SMARTS) is 1. The molecule has 0 bridgehead atoms. The summed E-state index contributed by atoms with van der Waals surface area (Å²) in [6.07, 6.45) is 11.6. The van der Waals surface area contributed by atoms with Gasteiger partial charge in [-0.05, 0) is 27.2 Å². The number of aliphatic hydroxyl groups is 2. The average Bonchev–Trinajstić information content (AvgIpc) is 2.45. The molecule has 3 N–H and O–H groups in total. The fraction of sp³-hybridized carbons (Fsp3) is 0.421. The van der Waals surface area contributed by atoms with E-state index in [4.69, 9.17) is 5.11 Å². The predicted octanol–water partition coefficient (Wildman–Crippen LogP) is 3.54. The van der Waals surface area contributed by atoms with E-state index in [1.807, 2.05) is 52.0 Å². The smallest absolute Gasteiger partial charge is 0.328 e.